The van der Waals surface area contributed by atoms with Crippen LogP contribution in [0.3, 0.4) is 0 Å². The minimum atomic E-state index is -0.100. The van der Waals surface area contributed by atoms with Crippen LogP contribution in [-0.4, -0.2) is 14.1 Å². The Balaban J connectivity index is 0.00000579. The number of ether oxygens (including phenoxy) is 1. The number of hydrogen-bond donors (Lipinski definition) is 0. The Hall–Kier alpha value is -7.59. The zero-order chi connectivity index (χ0) is 53.1. The standard InChI is InChI=1S/C72H62N4O.Pt/c1-68(2,3)48-34-35-73-64(40-48)76-60-29-13-12-24-54(60)55-33-32-51(42-63(55)76)77-50-23-18-22-49(41-50)74-43-75(62-31-15-14-30-61(62)74)67-52(46-36-44-20-16-27-56-65(44)58(38-46)71(8,9)69(56,4)5)25-19-26-53(67)47-37-45-21-17-28-57-66(45)59(39-47)72(10,11)70(57,6)7;/h12-40H,1-11H3;/q-2;. The Kier molecular flexibility index (Phi) is 11.0. The maximum Gasteiger partial charge on any atom is 0.268 e. The van der Waals surface area contributed by atoms with Gasteiger partial charge < -0.3 is 13.9 Å². The molecule has 0 radical (unpaired) electrons. The van der Waals surface area contributed by atoms with Crippen molar-refractivity contribution in [3.63, 3.8) is 0 Å². The predicted molar refractivity (Wildman–Crippen MR) is 317 cm³/mol. The average Bonchev–Trinajstić information content (AvgIpc) is 4.28. The molecule has 0 atom stereocenters. The minimum Gasteiger partial charge on any atom is -0.510 e. The van der Waals surface area contributed by atoms with E-state index in [9.17, 15) is 0 Å². The Labute approximate surface area is 472 Å². The van der Waals surface area contributed by atoms with E-state index in [1.807, 2.05) is 24.4 Å². The van der Waals surface area contributed by atoms with Gasteiger partial charge in [-0.15, -0.1) is 29.7 Å². The fraction of sp³-hybridized carbons (Fsp3) is 0.222. The van der Waals surface area contributed by atoms with Gasteiger partial charge in [-0.25, -0.2) is 4.98 Å². The molecule has 5 nitrogen and oxygen atoms in total. The van der Waals surface area contributed by atoms with Gasteiger partial charge in [0.2, 0.25) is 0 Å². The molecule has 0 amide bonds. The molecule has 12 aromatic rings. The number of para-hydroxylation sites is 4. The second kappa shape index (κ2) is 17.2. The fourth-order valence-electron chi connectivity index (χ4n) is 13.1. The first kappa shape index (κ1) is 49.9. The summed E-state index contributed by atoms with van der Waals surface area (Å²) in [6, 6.07) is 69.5. The van der Waals surface area contributed by atoms with Crippen LogP contribution in [0.1, 0.15) is 104 Å². The Morgan fingerprint density at radius 3 is 1.72 bits per heavy atom. The third-order valence-corrected chi connectivity index (χ3v) is 18.8. The molecule has 3 heterocycles. The van der Waals surface area contributed by atoms with Gasteiger partial charge in [0.25, 0.3) is 6.33 Å². The summed E-state index contributed by atoms with van der Waals surface area (Å²) in [6.45, 7) is 26.0. The molecule has 0 bridgehead atoms. The molecule has 3 aromatic heterocycles. The van der Waals surface area contributed by atoms with Crippen LogP contribution in [0.15, 0.2) is 176 Å². The van der Waals surface area contributed by atoms with E-state index in [0.717, 1.165) is 61.2 Å². The summed E-state index contributed by atoms with van der Waals surface area (Å²) < 4.78 is 13.4. The van der Waals surface area contributed by atoms with Gasteiger partial charge in [-0.3, -0.25) is 4.57 Å². The molecule has 0 aliphatic heterocycles. The number of aromatic nitrogens is 4. The summed E-state index contributed by atoms with van der Waals surface area (Å²) in [5.41, 5.74) is 17.0. The molecule has 78 heavy (non-hydrogen) atoms. The number of hydrogen-bond acceptors (Lipinski definition) is 2. The van der Waals surface area contributed by atoms with Crippen molar-refractivity contribution in [1.82, 2.24) is 14.1 Å². The summed E-state index contributed by atoms with van der Waals surface area (Å²) >= 11 is 0. The molecule has 0 fully saturated rings. The van der Waals surface area contributed by atoms with Crippen LogP contribution >= 0.6 is 0 Å². The fourth-order valence-corrected chi connectivity index (χ4v) is 13.1. The van der Waals surface area contributed by atoms with E-state index in [-0.39, 0.29) is 48.1 Å². The molecule has 0 N–H and O–H groups in total. The van der Waals surface area contributed by atoms with Crippen molar-refractivity contribution in [3.05, 3.63) is 222 Å². The van der Waals surface area contributed by atoms with E-state index in [0.29, 0.717) is 11.5 Å². The molecule has 0 spiro atoms. The van der Waals surface area contributed by atoms with Gasteiger partial charge in [0, 0.05) is 44.3 Å². The molecule has 9 aromatic carbocycles. The predicted octanol–water partition coefficient (Wildman–Crippen LogP) is 17.7. The van der Waals surface area contributed by atoms with E-state index in [1.54, 1.807) is 0 Å². The number of rotatable bonds is 7. The van der Waals surface area contributed by atoms with E-state index >= 15 is 0 Å². The van der Waals surface area contributed by atoms with Crippen LogP contribution in [0.25, 0.3) is 93.8 Å². The van der Waals surface area contributed by atoms with Gasteiger partial charge in [0.1, 0.15) is 5.82 Å². The van der Waals surface area contributed by atoms with Crippen molar-refractivity contribution in [3.8, 4) is 50.9 Å². The Morgan fingerprint density at radius 2 is 1.08 bits per heavy atom. The average molecular weight is 1190 g/mol. The largest absolute Gasteiger partial charge is 0.510 e. The first-order valence-corrected chi connectivity index (χ1v) is 27.2. The van der Waals surface area contributed by atoms with E-state index in [2.05, 4.69) is 260 Å². The Morgan fingerprint density at radius 1 is 0.513 bits per heavy atom. The van der Waals surface area contributed by atoms with Crippen molar-refractivity contribution < 1.29 is 30.4 Å². The van der Waals surface area contributed by atoms with E-state index in [1.165, 1.54) is 60.5 Å². The molecule has 2 aliphatic rings. The number of pyridine rings is 1. The van der Waals surface area contributed by atoms with E-state index < -0.39 is 0 Å². The van der Waals surface area contributed by atoms with Crippen LogP contribution in [0, 0.1) is 18.5 Å². The molecule has 0 saturated heterocycles. The number of fused-ring (bicyclic) bond motifs is 4. The van der Waals surface area contributed by atoms with Crippen LogP contribution in [-0.2, 0) is 48.1 Å². The molecular weight excluding hydrogens is 1130 g/mol. The SMILES string of the molecule is CC(C)(C)c1ccnc(-n2c3[c-]c(Oc4[c-]c(-n5[c-][n+](-c6c(-c7cc8c9c(cccc9c7)C(C)(C)C8(C)C)cccc6-c6cc7c8c(cccc8c6)C(C)(C)C7(C)C)c6ccccc65)ccc4)ccc3c3ccccc32)c1.[Pt]. The van der Waals surface area contributed by atoms with Gasteiger partial charge in [-0.1, -0.05) is 191 Å². The second-order valence-corrected chi connectivity index (χ2v) is 24.9. The topological polar surface area (TPSA) is 35.9 Å². The zero-order valence-electron chi connectivity index (χ0n) is 46.3. The maximum atomic E-state index is 6.78. The van der Waals surface area contributed by atoms with Gasteiger partial charge >= 0.3 is 0 Å². The minimum absolute atomic E-state index is 0. The van der Waals surface area contributed by atoms with Gasteiger partial charge in [0.05, 0.1) is 16.7 Å². The molecule has 0 unspecified atom stereocenters. The monoisotopic (exact) mass is 1190 g/mol. The summed E-state index contributed by atoms with van der Waals surface area (Å²) in [5.74, 6) is 2.01. The van der Waals surface area contributed by atoms with Crippen LogP contribution in [0.5, 0.6) is 11.5 Å². The van der Waals surface area contributed by atoms with Gasteiger partial charge in [-0.2, -0.15) is 18.2 Å². The van der Waals surface area contributed by atoms with Gasteiger partial charge in [0.15, 0.2) is 0 Å². The first-order valence-electron chi connectivity index (χ1n) is 27.2. The van der Waals surface area contributed by atoms with Crippen molar-refractivity contribution in [2.45, 2.75) is 103 Å². The quantitative estimate of drug-likeness (QED) is 0.118. The van der Waals surface area contributed by atoms with Crippen molar-refractivity contribution in [2.75, 3.05) is 0 Å². The third kappa shape index (κ3) is 7.09. The summed E-state index contributed by atoms with van der Waals surface area (Å²) in [7, 11) is 0. The maximum absolute atomic E-state index is 6.78. The number of nitrogens with zero attached hydrogens (tertiary/aromatic N) is 4. The first-order chi connectivity index (χ1) is 36.8. The Bertz CT molecular complexity index is 4350. The normalized spacial score (nSPS) is 15.7. The van der Waals surface area contributed by atoms with Crippen molar-refractivity contribution in [1.29, 1.82) is 0 Å². The number of benzene rings is 9. The smallest absolute Gasteiger partial charge is 0.268 e. The van der Waals surface area contributed by atoms with Crippen molar-refractivity contribution in [2.24, 2.45) is 0 Å². The molecule has 2 aliphatic carbocycles. The van der Waals surface area contributed by atoms with Crippen LogP contribution < -0.4 is 9.30 Å². The molecular formula is C72H62N4OPt-2. The van der Waals surface area contributed by atoms with Crippen LogP contribution in [0.2, 0.25) is 0 Å². The summed E-state index contributed by atoms with van der Waals surface area (Å²) in [4.78, 5) is 4.90. The molecule has 6 heteroatoms. The molecule has 388 valence electrons. The van der Waals surface area contributed by atoms with Crippen molar-refractivity contribution >= 4 is 54.4 Å². The zero-order valence-corrected chi connectivity index (χ0v) is 48.5. The summed E-state index contributed by atoms with van der Waals surface area (Å²) in [6.07, 6.45) is 5.86. The van der Waals surface area contributed by atoms with Gasteiger partial charge in [-0.05, 0) is 140 Å². The third-order valence-electron chi connectivity index (χ3n) is 18.8. The summed E-state index contributed by atoms with van der Waals surface area (Å²) in [5, 5.41) is 7.54. The number of imidazole rings is 1. The van der Waals surface area contributed by atoms with E-state index in [4.69, 9.17) is 9.72 Å². The molecule has 14 rings (SSSR count). The second-order valence-electron chi connectivity index (χ2n) is 24.9. The van der Waals surface area contributed by atoms with Crippen LogP contribution in [0.4, 0.5) is 0 Å². The molecule has 0 saturated carbocycles.